The molecule has 1 saturated heterocycles. The first-order valence-electron chi connectivity index (χ1n) is 6.59. The quantitative estimate of drug-likeness (QED) is 0.690. The summed E-state index contributed by atoms with van der Waals surface area (Å²) in [6.07, 6.45) is 0. The molecule has 1 aliphatic rings. The summed E-state index contributed by atoms with van der Waals surface area (Å²) in [4.78, 5) is 0. The Hall–Kier alpha value is 0.354. The normalized spacial score (nSPS) is 23.2. The summed E-state index contributed by atoms with van der Waals surface area (Å²) in [5.41, 5.74) is 2.24. The Morgan fingerprint density at radius 2 is 0.688 bits per heavy atom. The standard InChI is InChI=1S/C12H28O2Si2/c1-9(2)15(10(3)4)13-16(14-15,11(5)6)12(7)8/h9-12H,1-8H3. The third kappa shape index (κ3) is 1.94. The van der Waals surface area contributed by atoms with E-state index in [0.717, 1.165) is 0 Å². The summed E-state index contributed by atoms with van der Waals surface area (Å²) in [6, 6.07) is 0. The number of hydrogen-bond donors (Lipinski definition) is 0. The van der Waals surface area contributed by atoms with Crippen molar-refractivity contribution in [1.82, 2.24) is 0 Å². The molecule has 0 aromatic carbocycles. The highest BCUT2D eigenvalue weighted by Gasteiger charge is 2.67. The van der Waals surface area contributed by atoms with Crippen LogP contribution in [0, 0.1) is 0 Å². The maximum absolute atomic E-state index is 6.62. The molecule has 0 atom stereocenters. The molecule has 1 rings (SSSR count). The lowest BCUT2D eigenvalue weighted by molar-refractivity contribution is 0.173. The van der Waals surface area contributed by atoms with Crippen LogP contribution in [0.15, 0.2) is 0 Å². The fraction of sp³-hybridized carbons (Fsp3) is 1.00. The second kappa shape index (κ2) is 4.55. The molecule has 1 fully saturated rings. The largest absolute Gasteiger partial charge is 0.415 e. The third-order valence-electron chi connectivity index (χ3n) is 3.86. The van der Waals surface area contributed by atoms with Gasteiger partial charge in [0.15, 0.2) is 0 Å². The molecule has 0 aliphatic carbocycles. The topological polar surface area (TPSA) is 18.5 Å². The Morgan fingerprint density at radius 1 is 0.500 bits per heavy atom. The van der Waals surface area contributed by atoms with Crippen molar-refractivity contribution in [2.75, 3.05) is 0 Å². The van der Waals surface area contributed by atoms with Gasteiger partial charge in [-0.25, -0.2) is 0 Å². The summed E-state index contributed by atoms with van der Waals surface area (Å²) in [6.45, 7) is 18.0. The van der Waals surface area contributed by atoms with Crippen LogP contribution in [-0.2, 0) is 8.23 Å². The third-order valence-corrected chi connectivity index (χ3v) is 15.4. The van der Waals surface area contributed by atoms with Crippen LogP contribution in [-0.4, -0.2) is 17.1 Å². The van der Waals surface area contributed by atoms with E-state index in [1.165, 1.54) is 0 Å². The van der Waals surface area contributed by atoms with Gasteiger partial charge < -0.3 is 8.23 Å². The molecule has 2 nitrogen and oxygen atoms in total. The zero-order valence-corrected chi connectivity index (χ0v) is 14.1. The minimum absolute atomic E-state index is 0.561. The summed E-state index contributed by atoms with van der Waals surface area (Å²) in [5, 5.41) is 0. The SMILES string of the molecule is CC(C)[Si]1(C(C)C)O[Si](C(C)C)(C(C)C)O1. The molecule has 0 saturated carbocycles. The predicted octanol–water partition coefficient (Wildman–Crippen LogP) is 4.56. The van der Waals surface area contributed by atoms with Gasteiger partial charge in [-0.15, -0.1) is 0 Å². The molecule has 0 spiro atoms. The second-order valence-electron chi connectivity index (χ2n) is 6.27. The van der Waals surface area contributed by atoms with Crippen molar-refractivity contribution in [3.05, 3.63) is 0 Å². The van der Waals surface area contributed by atoms with Gasteiger partial charge in [0.25, 0.3) is 0 Å². The molecule has 0 radical (unpaired) electrons. The molecule has 0 aromatic rings. The zero-order chi connectivity index (χ0) is 12.7. The highest BCUT2D eigenvalue weighted by Crippen LogP contribution is 2.53. The van der Waals surface area contributed by atoms with Gasteiger partial charge in [0.2, 0.25) is 0 Å². The van der Waals surface area contributed by atoms with Crippen molar-refractivity contribution in [3.8, 4) is 0 Å². The molecule has 4 heteroatoms. The molecule has 0 aromatic heterocycles. The van der Waals surface area contributed by atoms with Gasteiger partial charge in [-0.2, -0.15) is 0 Å². The fourth-order valence-electron chi connectivity index (χ4n) is 2.78. The minimum Gasteiger partial charge on any atom is -0.415 e. The van der Waals surface area contributed by atoms with Crippen LogP contribution in [0.1, 0.15) is 55.4 Å². The summed E-state index contributed by atoms with van der Waals surface area (Å²) >= 11 is 0. The molecule has 0 unspecified atom stereocenters. The van der Waals surface area contributed by atoms with E-state index >= 15 is 0 Å². The summed E-state index contributed by atoms with van der Waals surface area (Å²) < 4.78 is 13.2. The lowest BCUT2D eigenvalue weighted by Crippen LogP contribution is -2.75. The van der Waals surface area contributed by atoms with Gasteiger partial charge in [-0.1, -0.05) is 55.4 Å². The molecular formula is C12H28O2Si2. The van der Waals surface area contributed by atoms with Gasteiger partial charge >= 0.3 is 17.1 Å². The molecule has 96 valence electrons. The molecule has 1 aliphatic heterocycles. The predicted molar refractivity (Wildman–Crippen MR) is 74.1 cm³/mol. The average Bonchev–Trinajstić information content (AvgIpc) is 1.98. The molecule has 0 bridgehead atoms. The van der Waals surface area contributed by atoms with Crippen LogP contribution in [0.2, 0.25) is 22.2 Å². The van der Waals surface area contributed by atoms with Crippen LogP contribution in [0.25, 0.3) is 0 Å². The Bertz CT molecular complexity index is 199. The molecule has 16 heavy (non-hydrogen) atoms. The zero-order valence-electron chi connectivity index (χ0n) is 12.1. The Balaban J connectivity index is 2.89. The maximum atomic E-state index is 6.62. The van der Waals surface area contributed by atoms with Crippen LogP contribution in [0.5, 0.6) is 0 Å². The van der Waals surface area contributed by atoms with Gasteiger partial charge in [-0.3, -0.25) is 0 Å². The van der Waals surface area contributed by atoms with Gasteiger partial charge in [-0.05, 0) is 22.2 Å². The van der Waals surface area contributed by atoms with Crippen molar-refractivity contribution < 1.29 is 8.23 Å². The highest BCUT2D eigenvalue weighted by molar-refractivity contribution is 6.96. The average molecular weight is 261 g/mol. The Kier molecular flexibility index (Phi) is 4.10. The van der Waals surface area contributed by atoms with E-state index in [4.69, 9.17) is 8.23 Å². The molecule has 1 heterocycles. The van der Waals surface area contributed by atoms with Crippen LogP contribution in [0.3, 0.4) is 0 Å². The van der Waals surface area contributed by atoms with Crippen molar-refractivity contribution >= 4 is 17.1 Å². The Labute approximate surface area is 103 Å². The summed E-state index contributed by atoms with van der Waals surface area (Å²) in [7, 11) is -3.79. The number of hydrogen-bond acceptors (Lipinski definition) is 2. The van der Waals surface area contributed by atoms with E-state index in [1.807, 2.05) is 0 Å². The lowest BCUT2D eigenvalue weighted by Gasteiger charge is -2.60. The van der Waals surface area contributed by atoms with Crippen LogP contribution in [0.4, 0.5) is 0 Å². The fourth-order valence-corrected chi connectivity index (χ4v) is 17.0. The Morgan fingerprint density at radius 3 is 0.812 bits per heavy atom. The minimum atomic E-state index is -1.90. The van der Waals surface area contributed by atoms with Crippen molar-refractivity contribution in [2.24, 2.45) is 0 Å². The monoisotopic (exact) mass is 260 g/mol. The van der Waals surface area contributed by atoms with Crippen LogP contribution >= 0.6 is 0 Å². The molecular weight excluding hydrogens is 232 g/mol. The number of rotatable bonds is 4. The van der Waals surface area contributed by atoms with Gasteiger partial charge in [0, 0.05) is 0 Å². The first-order valence-corrected chi connectivity index (χ1v) is 10.5. The van der Waals surface area contributed by atoms with Crippen molar-refractivity contribution in [1.29, 1.82) is 0 Å². The highest BCUT2D eigenvalue weighted by atomic mass is 28.5. The van der Waals surface area contributed by atoms with Crippen molar-refractivity contribution in [2.45, 2.75) is 77.6 Å². The summed E-state index contributed by atoms with van der Waals surface area (Å²) in [5.74, 6) is 0. The van der Waals surface area contributed by atoms with E-state index in [-0.39, 0.29) is 0 Å². The van der Waals surface area contributed by atoms with E-state index < -0.39 is 17.1 Å². The molecule has 0 amide bonds. The lowest BCUT2D eigenvalue weighted by atomic mass is 10.5. The van der Waals surface area contributed by atoms with Gasteiger partial charge in [0.05, 0.1) is 0 Å². The van der Waals surface area contributed by atoms with E-state index in [1.54, 1.807) is 0 Å². The smallest absolute Gasteiger partial charge is 0.325 e. The van der Waals surface area contributed by atoms with E-state index in [9.17, 15) is 0 Å². The van der Waals surface area contributed by atoms with Crippen LogP contribution < -0.4 is 0 Å². The van der Waals surface area contributed by atoms with Crippen molar-refractivity contribution in [3.63, 3.8) is 0 Å². The molecule has 0 N–H and O–H groups in total. The second-order valence-corrected chi connectivity index (χ2v) is 15.4. The van der Waals surface area contributed by atoms with Gasteiger partial charge in [0.1, 0.15) is 0 Å². The maximum Gasteiger partial charge on any atom is 0.325 e. The first-order chi connectivity index (χ1) is 7.19. The van der Waals surface area contributed by atoms with E-state index in [2.05, 4.69) is 55.4 Å². The van der Waals surface area contributed by atoms with E-state index in [0.29, 0.717) is 22.2 Å². The first kappa shape index (κ1) is 14.4.